The van der Waals surface area contributed by atoms with E-state index in [1.54, 1.807) is 0 Å². The summed E-state index contributed by atoms with van der Waals surface area (Å²) in [5.74, 6) is 0. The van der Waals surface area contributed by atoms with Crippen LogP contribution in [0.1, 0.15) is 22.4 Å². The Balaban J connectivity index is 2.14. The van der Waals surface area contributed by atoms with Gasteiger partial charge >= 0.3 is 6.18 Å². The van der Waals surface area contributed by atoms with Crippen molar-refractivity contribution in [1.82, 2.24) is 4.57 Å². The van der Waals surface area contributed by atoms with Gasteiger partial charge in [0.05, 0.1) is 11.3 Å². The molecule has 0 radical (unpaired) electrons. The van der Waals surface area contributed by atoms with Crippen molar-refractivity contribution in [3.05, 3.63) is 77.0 Å². The van der Waals surface area contributed by atoms with Crippen LogP contribution in [0.5, 0.6) is 0 Å². The fourth-order valence-corrected chi connectivity index (χ4v) is 3.10. The van der Waals surface area contributed by atoms with Crippen LogP contribution in [-0.2, 0) is 12.6 Å². The number of hydrogen-bond donors (Lipinski definition) is 1. The molecule has 0 atom stereocenters. The van der Waals surface area contributed by atoms with Gasteiger partial charge in [0, 0.05) is 18.0 Å². The highest BCUT2D eigenvalue weighted by molar-refractivity contribution is 5.66. The van der Waals surface area contributed by atoms with Crippen molar-refractivity contribution in [2.24, 2.45) is 0 Å². The summed E-state index contributed by atoms with van der Waals surface area (Å²) in [6, 6.07) is 15.1. The van der Waals surface area contributed by atoms with Gasteiger partial charge in [0.25, 0.3) is 0 Å². The summed E-state index contributed by atoms with van der Waals surface area (Å²) >= 11 is 0. The highest BCUT2D eigenvalue weighted by Crippen LogP contribution is 2.33. The van der Waals surface area contributed by atoms with Crippen molar-refractivity contribution < 1.29 is 18.3 Å². The lowest BCUT2D eigenvalue weighted by atomic mass is 10.1. The van der Waals surface area contributed by atoms with Crippen molar-refractivity contribution in [3.63, 3.8) is 0 Å². The number of aliphatic hydroxyl groups excluding tert-OH is 1. The molecule has 0 saturated heterocycles. The highest BCUT2D eigenvalue weighted by Gasteiger charge is 2.30. The molecule has 0 spiro atoms. The van der Waals surface area contributed by atoms with E-state index >= 15 is 0 Å². The summed E-state index contributed by atoms with van der Waals surface area (Å²) in [6.45, 7) is 3.94. The van der Waals surface area contributed by atoms with Gasteiger partial charge < -0.3 is 9.67 Å². The molecule has 3 aromatic rings. The number of hydrogen-bond acceptors (Lipinski definition) is 1. The van der Waals surface area contributed by atoms with Crippen LogP contribution in [0.3, 0.4) is 0 Å². The molecule has 0 fully saturated rings. The van der Waals surface area contributed by atoms with Crippen LogP contribution in [0.25, 0.3) is 16.9 Å². The van der Waals surface area contributed by atoms with E-state index in [4.69, 9.17) is 0 Å². The van der Waals surface area contributed by atoms with Crippen LogP contribution in [0, 0.1) is 13.8 Å². The molecule has 1 heterocycles. The van der Waals surface area contributed by atoms with Gasteiger partial charge in [-0.3, -0.25) is 0 Å². The van der Waals surface area contributed by atoms with E-state index in [-0.39, 0.29) is 6.61 Å². The Morgan fingerprint density at radius 3 is 2.08 bits per heavy atom. The maximum atomic E-state index is 12.9. The third kappa shape index (κ3) is 3.53. The summed E-state index contributed by atoms with van der Waals surface area (Å²) in [5, 5.41) is 9.31. The van der Waals surface area contributed by atoms with Gasteiger partial charge in [0.15, 0.2) is 0 Å². The molecule has 26 heavy (non-hydrogen) atoms. The van der Waals surface area contributed by atoms with Gasteiger partial charge in [0.1, 0.15) is 0 Å². The Labute approximate surface area is 150 Å². The average Bonchev–Trinajstić information content (AvgIpc) is 2.92. The Hall–Kier alpha value is -2.53. The Morgan fingerprint density at radius 1 is 0.923 bits per heavy atom. The van der Waals surface area contributed by atoms with E-state index in [2.05, 4.69) is 0 Å². The monoisotopic (exact) mass is 359 g/mol. The second-order valence-corrected chi connectivity index (χ2v) is 6.36. The molecule has 1 aromatic heterocycles. The molecular formula is C21H20F3NO. The van der Waals surface area contributed by atoms with Crippen LogP contribution in [0.15, 0.2) is 54.6 Å². The Bertz CT molecular complexity index is 891. The molecule has 0 amide bonds. The number of halogens is 3. The molecule has 0 saturated carbocycles. The van der Waals surface area contributed by atoms with E-state index in [0.717, 1.165) is 40.2 Å². The zero-order valence-electron chi connectivity index (χ0n) is 14.6. The van der Waals surface area contributed by atoms with E-state index in [1.807, 2.05) is 48.7 Å². The number of aromatic nitrogens is 1. The van der Waals surface area contributed by atoms with E-state index < -0.39 is 11.7 Å². The van der Waals surface area contributed by atoms with Crippen LogP contribution in [-0.4, -0.2) is 16.3 Å². The van der Waals surface area contributed by atoms with Gasteiger partial charge in [-0.25, -0.2) is 0 Å². The minimum Gasteiger partial charge on any atom is -0.396 e. The molecule has 0 aliphatic carbocycles. The summed E-state index contributed by atoms with van der Waals surface area (Å²) < 4.78 is 40.5. The van der Waals surface area contributed by atoms with Crippen LogP contribution < -0.4 is 0 Å². The van der Waals surface area contributed by atoms with E-state index in [0.29, 0.717) is 12.1 Å². The maximum absolute atomic E-state index is 12.9. The van der Waals surface area contributed by atoms with Crippen LogP contribution in [0.4, 0.5) is 13.2 Å². The molecule has 5 heteroatoms. The zero-order chi connectivity index (χ0) is 18.9. The largest absolute Gasteiger partial charge is 0.416 e. The lowest BCUT2D eigenvalue weighted by Gasteiger charge is -2.14. The van der Waals surface area contributed by atoms with Gasteiger partial charge in [-0.15, -0.1) is 0 Å². The first-order chi connectivity index (χ1) is 12.3. The summed E-state index contributed by atoms with van der Waals surface area (Å²) in [6.07, 6.45) is -3.86. The minimum absolute atomic E-state index is 0.0191. The van der Waals surface area contributed by atoms with Crippen LogP contribution >= 0.6 is 0 Å². The van der Waals surface area contributed by atoms with E-state index in [1.165, 1.54) is 12.1 Å². The van der Waals surface area contributed by atoms with E-state index in [9.17, 15) is 18.3 Å². The molecule has 0 aliphatic rings. The lowest BCUT2D eigenvalue weighted by molar-refractivity contribution is -0.137. The second kappa shape index (κ2) is 7.00. The van der Waals surface area contributed by atoms with Crippen molar-refractivity contribution >= 4 is 0 Å². The molecule has 0 bridgehead atoms. The summed E-state index contributed by atoms with van der Waals surface area (Å²) in [5.41, 5.74) is 4.88. The second-order valence-electron chi connectivity index (χ2n) is 6.36. The fraction of sp³-hybridized carbons (Fsp3) is 0.238. The van der Waals surface area contributed by atoms with Gasteiger partial charge in [-0.05, 0) is 61.7 Å². The SMILES string of the molecule is Cc1ccc(-c2cc(CCO)c(C)n2-c2ccc(C(F)(F)F)cc2)cc1. The Kier molecular flexibility index (Phi) is 4.92. The number of nitrogens with zero attached hydrogens (tertiary/aromatic N) is 1. The normalized spacial score (nSPS) is 11.8. The minimum atomic E-state index is -4.36. The van der Waals surface area contributed by atoms with Crippen LogP contribution in [0.2, 0.25) is 0 Å². The van der Waals surface area contributed by atoms with Crippen molar-refractivity contribution in [2.75, 3.05) is 6.61 Å². The summed E-state index contributed by atoms with van der Waals surface area (Å²) in [4.78, 5) is 0. The predicted molar refractivity (Wildman–Crippen MR) is 96.5 cm³/mol. The molecule has 3 rings (SSSR count). The standard InChI is InChI=1S/C21H20F3NO/c1-14-3-5-16(6-4-14)20-13-17(11-12-26)15(2)25(20)19-9-7-18(8-10-19)21(22,23)24/h3-10,13,26H,11-12H2,1-2H3. The van der Waals surface area contributed by atoms with Crippen molar-refractivity contribution in [3.8, 4) is 16.9 Å². The predicted octanol–water partition coefficient (Wildman–Crippen LogP) is 5.31. The summed E-state index contributed by atoms with van der Waals surface area (Å²) in [7, 11) is 0. The number of aryl methyl sites for hydroxylation is 1. The molecule has 136 valence electrons. The van der Waals surface area contributed by atoms with Crippen molar-refractivity contribution in [2.45, 2.75) is 26.4 Å². The molecule has 2 aromatic carbocycles. The van der Waals surface area contributed by atoms with Gasteiger partial charge in [0.2, 0.25) is 0 Å². The smallest absolute Gasteiger partial charge is 0.396 e. The van der Waals surface area contributed by atoms with Gasteiger partial charge in [-0.1, -0.05) is 29.8 Å². The van der Waals surface area contributed by atoms with Gasteiger partial charge in [-0.2, -0.15) is 13.2 Å². The first-order valence-corrected chi connectivity index (χ1v) is 8.38. The third-order valence-electron chi connectivity index (χ3n) is 4.53. The number of aliphatic hydroxyl groups is 1. The number of benzene rings is 2. The Morgan fingerprint density at radius 2 is 1.54 bits per heavy atom. The molecule has 2 nitrogen and oxygen atoms in total. The topological polar surface area (TPSA) is 25.2 Å². The number of alkyl halides is 3. The number of rotatable bonds is 4. The van der Waals surface area contributed by atoms with Crippen molar-refractivity contribution in [1.29, 1.82) is 0 Å². The molecule has 1 N–H and O–H groups in total. The highest BCUT2D eigenvalue weighted by atomic mass is 19.4. The fourth-order valence-electron chi connectivity index (χ4n) is 3.10. The lowest BCUT2D eigenvalue weighted by Crippen LogP contribution is -2.06. The average molecular weight is 359 g/mol. The molecule has 0 unspecified atom stereocenters. The first kappa shape index (κ1) is 18.3. The first-order valence-electron chi connectivity index (χ1n) is 8.38. The third-order valence-corrected chi connectivity index (χ3v) is 4.53. The maximum Gasteiger partial charge on any atom is 0.416 e. The quantitative estimate of drug-likeness (QED) is 0.670. The molecular weight excluding hydrogens is 339 g/mol. The molecule has 0 aliphatic heterocycles. The zero-order valence-corrected chi connectivity index (χ0v) is 14.6.